The lowest BCUT2D eigenvalue weighted by atomic mass is 9.89. The van der Waals surface area contributed by atoms with Crippen molar-refractivity contribution in [3.05, 3.63) is 54.1 Å². The molecule has 9 heteroatoms. The Morgan fingerprint density at radius 2 is 1.70 bits per heavy atom. The molecule has 172 valence electrons. The molecule has 0 radical (unpaired) electrons. The van der Waals surface area contributed by atoms with Gasteiger partial charge < -0.3 is 14.9 Å². The number of amides is 2. The molecule has 2 heterocycles. The Hall–Kier alpha value is -3.46. The van der Waals surface area contributed by atoms with Crippen LogP contribution in [0.1, 0.15) is 30.6 Å². The fraction of sp³-hybridized carbons (Fsp3) is 0.333. The zero-order valence-corrected chi connectivity index (χ0v) is 19.4. The van der Waals surface area contributed by atoms with Crippen molar-refractivity contribution in [2.75, 3.05) is 36.4 Å². The third kappa shape index (κ3) is 5.14. The van der Waals surface area contributed by atoms with Gasteiger partial charge in [-0.1, -0.05) is 23.5 Å². The number of hydrogen-bond donors (Lipinski definition) is 2. The molecule has 0 saturated carbocycles. The Kier molecular flexibility index (Phi) is 6.33. The SMILES string of the molecule is CC(C)(CC(=O)N1CCN(c2ccc(C(=O)Nc3nc4ccccc4s3)cc2)CC1)C(=O)O. The molecule has 0 atom stereocenters. The Balaban J connectivity index is 1.32. The monoisotopic (exact) mass is 466 g/mol. The number of carboxylic acid groups (broad SMARTS) is 1. The number of para-hydroxylation sites is 1. The van der Waals surface area contributed by atoms with Crippen molar-refractivity contribution in [1.82, 2.24) is 9.88 Å². The van der Waals surface area contributed by atoms with Gasteiger partial charge in [0.05, 0.1) is 15.6 Å². The molecular formula is C24H26N4O4S. The van der Waals surface area contributed by atoms with Crippen LogP contribution in [0.5, 0.6) is 0 Å². The second-order valence-corrected chi connectivity index (χ2v) is 9.75. The first kappa shape index (κ1) is 22.7. The Labute approximate surface area is 195 Å². The van der Waals surface area contributed by atoms with Crippen LogP contribution in [0.3, 0.4) is 0 Å². The van der Waals surface area contributed by atoms with Gasteiger partial charge in [-0.2, -0.15) is 0 Å². The predicted octanol–water partition coefficient (Wildman–Crippen LogP) is 3.70. The number of carbonyl (C=O) groups is 3. The molecule has 2 amide bonds. The summed E-state index contributed by atoms with van der Waals surface area (Å²) in [5, 5.41) is 12.7. The molecular weight excluding hydrogens is 440 g/mol. The third-order valence-corrected chi connectivity index (χ3v) is 6.77. The first-order valence-corrected chi connectivity index (χ1v) is 11.6. The van der Waals surface area contributed by atoms with E-state index in [9.17, 15) is 19.5 Å². The van der Waals surface area contributed by atoms with Crippen LogP contribution in [0.15, 0.2) is 48.5 Å². The molecule has 0 spiro atoms. The van der Waals surface area contributed by atoms with Gasteiger partial charge in [0.15, 0.2) is 5.13 Å². The lowest BCUT2D eigenvalue weighted by Crippen LogP contribution is -2.49. The van der Waals surface area contributed by atoms with Crippen molar-refractivity contribution < 1.29 is 19.5 Å². The van der Waals surface area contributed by atoms with E-state index in [-0.39, 0.29) is 18.2 Å². The summed E-state index contributed by atoms with van der Waals surface area (Å²) in [4.78, 5) is 44.7. The maximum absolute atomic E-state index is 12.6. The summed E-state index contributed by atoms with van der Waals surface area (Å²) in [6.07, 6.45) is -0.0131. The van der Waals surface area contributed by atoms with Crippen LogP contribution in [0.4, 0.5) is 10.8 Å². The first-order valence-electron chi connectivity index (χ1n) is 10.8. The van der Waals surface area contributed by atoms with Crippen LogP contribution < -0.4 is 10.2 Å². The second kappa shape index (κ2) is 9.19. The summed E-state index contributed by atoms with van der Waals surface area (Å²) in [6.45, 7) is 5.51. The summed E-state index contributed by atoms with van der Waals surface area (Å²) in [5.41, 5.74) is 1.31. The van der Waals surface area contributed by atoms with Crippen LogP contribution in [0, 0.1) is 5.41 Å². The zero-order chi connectivity index (χ0) is 23.6. The van der Waals surface area contributed by atoms with Crippen LogP contribution in [-0.4, -0.2) is 59.0 Å². The molecule has 2 aromatic carbocycles. The Morgan fingerprint density at radius 3 is 2.33 bits per heavy atom. The minimum atomic E-state index is -1.07. The van der Waals surface area contributed by atoms with Crippen molar-refractivity contribution >= 4 is 50.2 Å². The fourth-order valence-electron chi connectivity index (χ4n) is 3.70. The number of fused-ring (bicyclic) bond motifs is 1. The summed E-state index contributed by atoms with van der Waals surface area (Å²) in [5.74, 6) is -1.32. The number of benzene rings is 2. The van der Waals surface area contributed by atoms with Gasteiger partial charge >= 0.3 is 5.97 Å². The summed E-state index contributed by atoms with van der Waals surface area (Å²) in [7, 11) is 0. The van der Waals surface area contributed by atoms with Crippen molar-refractivity contribution in [2.45, 2.75) is 20.3 Å². The molecule has 2 N–H and O–H groups in total. The Bertz CT molecular complexity index is 1150. The van der Waals surface area contributed by atoms with Gasteiger partial charge in [-0.3, -0.25) is 19.7 Å². The number of nitrogens with one attached hydrogen (secondary N) is 1. The molecule has 1 aromatic heterocycles. The summed E-state index contributed by atoms with van der Waals surface area (Å²) < 4.78 is 1.02. The van der Waals surface area contributed by atoms with E-state index in [1.54, 1.807) is 30.9 Å². The minimum Gasteiger partial charge on any atom is -0.481 e. The molecule has 8 nitrogen and oxygen atoms in total. The van der Waals surface area contributed by atoms with Gasteiger partial charge in [-0.15, -0.1) is 0 Å². The molecule has 1 aliphatic heterocycles. The number of aliphatic carboxylic acids is 1. The van der Waals surface area contributed by atoms with E-state index in [1.165, 1.54) is 11.3 Å². The van der Waals surface area contributed by atoms with Gasteiger partial charge in [0, 0.05) is 43.9 Å². The van der Waals surface area contributed by atoms with Gasteiger partial charge in [0.2, 0.25) is 5.91 Å². The summed E-state index contributed by atoms with van der Waals surface area (Å²) >= 11 is 1.44. The highest BCUT2D eigenvalue weighted by atomic mass is 32.1. The van der Waals surface area contributed by atoms with Crippen molar-refractivity contribution in [3.63, 3.8) is 0 Å². The van der Waals surface area contributed by atoms with Crippen molar-refractivity contribution in [1.29, 1.82) is 0 Å². The molecule has 0 aliphatic carbocycles. The van der Waals surface area contributed by atoms with E-state index in [2.05, 4.69) is 15.2 Å². The quantitative estimate of drug-likeness (QED) is 0.574. The average molecular weight is 467 g/mol. The van der Waals surface area contributed by atoms with Crippen molar-refractivity contribution in [2.24, 2.45) is 5.41 Å². The number of anilines is 2. The number of hydrogen-bond acceptors (Lipinski definition) is 6. The maximum atomic E-state index is 12.6. The van der Waals surface area contributed by atoms with Crippen LogP contribution >= 0.6 is 11.3 Å². The van der Waals surface area contributed by atoms with Gasteiger partial charge in [-0.25, -0.2) is 4.98 Å². The van der Waals surface area contributed by atoms with E-state index in [4.69, 9.17) is 0 Å². The first-order chi connectivity index (χ1) is 15.7. The molecule has 4 rings (SSSR count). The number of piperazine rings is 1. The number of thiazole rings is 1. The minimum absolute atomic E-state index is 0.0131. The normalized spacial score (nSPS) is 14.4. The standard InChI is InChI=1S/C24H26N4O4S/c1-24(2,22(31)32)15-20(29)28-13-11-27(12-14-28)17-9-7-16(8-10-17)21(30)26-23-25-18-5-3-4-6-19(18)33-23/h3-10H,11-15H2,1-2H3,(H,31,32)(H,25,26,30). The number of carbonyl (C=O) groups excluding carboxylic acids is 2. The smallest absolute Gasteiger partial charge is 0.309 e. The summed E-state index contributed by atoms with van der Waals surface area (Å²) in [6, 6.07) is 15.1. The van der Waals surface area contributed by atoms with E-state index >= 15 is 0 Å². The number of aromatic nitrogens is 1. The van der Waals surface area contributed by atoms with E-state index in [0.717, 1.165) is 15.9 Å². The molecule has 1 saturated heterocycles. The molecule has 0 unspecified atom stereocenters. The predicted molar refractivity (Wildman–Crippen MR) is 129 cm³/mol. The molecule has 3 aromatic rings. The zero-order valence-electron chi connectivity index (χ0n) is 18.6. The lowest BCUT2D eigenvalue weighted by Gasteiger charge is -2.37. The topological polar surface area (TPSA) is 103 Å². The molecule has 0 bridgehead atoms. The van der Waals surface area contributed by atoms with E-state index in [0.29, 0.717) is 36.9 Å². The molecule has 33 heavy (non-hydrogen) atoms. The highest BCUT2D eigenvalue weighted by molar-refractivity contribution is 7.22. The van der Waals surface area contributed by atoms with Gasteiger partial charge in [-0.05, 0) is 50.2 Å². The molecule has 1 fully saturated rings. The number of carboxylic acids is 1. The van der Waals surface area contributed by atoms with Crippen LogP contribution in [0.2, 0.25) is 0 Å². The van der Waals surface area contributed by atoms with Crippen LogP contribution in [0.25, 0.3) is 10.2 Å². The maximum Gasteiger partial charge on any atom is 0.309 e. The lowest BCUT2D eigenvalue weighted by molar-refractivity contribution is -0.151. The number of nitrogens with zero attached hydrogens (tertiary/aromatic N) is 3. The Morgan fingerprint density at radius 1 is 1.03 bits per heavy atom. The third-order valence-electron chi connectivity index (χ3n) is 5.81. The second-order valence-electron chi connectivity index (χ2n) is 8.72. The molecule has 1 aliphatic rings. The highest BCUT2D eigenvalue weighted by Gasteiger charge is 2.33. The highest BCUT2D eigenvalue weighted by Crippen LogP contribution is 2.26. The number of rotatable bonds is 6. The van der Waals surface area contributed by atoms with Crippen LogP contribution in [-0.2, 0) is 9.59 Å². The van der Waals surface area contributed by atoms with E-state index in [1.807, 2.05) is 36.4 Å². The van der Waals surface area contributed by atoms with Crippen molar-refractivity contribution in [3.8, 4) is 0 Å². The van der Waals surface area contributed by atoms with Gasteiger partial charge in [0.1, 0.15) is 0 Å². The van der Waals surface area contributed by atoms with E-state index < -0.39 is 11.4 Å². The average Bonchev–Trinajstić information content (AvgIpc) is 3.21. The largest absolute Gasteiger partial charge is 0.481 e. The fourth-order valence-corrected chi connectivity index (χ4v) is 4.56. The van der Waals surface area contributed by atoms with Gasteiger partial charge in [0.25, 0.3) is 5.91 Å².